The molecule has 4 nitrogen and oxygen atoms in total. The fraction of sp³-hybridized carbons (Fsp3) is 0.724. The van der Waals surface area contributed by atoms with Crippen molar-refractivity contribution in [1.29, 1.82) is 0 Å². The van der Waals surface area contributed by atoms with Crippen LogP contribution in [0.1, 0.15) is 129 Å². The van der Waals surface area contributed by atoms with E-state index in [0.717, 1.165) is 77.0 Å². The number of carbonyl (C=O) groups is 2. The number of unbranched alkanes of at least 4 members (excludes halogenated alkanes) is 10. The van der Waals surface area contributed by atoms with Crippen molar-refractivity contribution in [3.63, 3.8) is 0 Å². The number of aliphatic carboxylic acids is 1. The van der Waals surface area contributed by atoms with Crippen molar-refractivity contribution in [3.8, 4) is 0 Å². The smallest absolute Gasteiger partial charge is 0.306 e. The second kappa shape index (κ2) is 24.8. The maximum absolute atomic E-state index is 12.3. The molecule has 0 radical (unpaired) electrons. The quantitative estimate of drug-likeness (QED) is 0.0936. The van der Waals surface area contributed by atoms with Gasteiger partial charge in [-0.2, -0.15) is 0 Å². The number of rotatable bonds is 23. The third-order valence-corrected chi connectivity index (χ3v) is 5.61. The largest absolute Gasteiger partial charge is 0.481 e. The van der Waals surface area contributed by atoms with Crippen molar-refractivity contribution in [1.82, 2.24) is 0 Å². The molecule has 4 heteroatoms. The van der Waals surface area contributed by atoms with Crippen LogP contribution in [0.2, 0.25) is 0 Å². The molecule has 0 amide bonds. The summed E-state index contributed by atoms with van der Waals surface area (Å²) >= 11 is 0. The highest BCUT2D eigenvalue weighted by molar-refractivity contribution is 5.69. The molecule has 0 aromatic rings. The van der Waals surface area contributed by atoms with E-state index in [1.807, 2.05) is 0 Å². The summed E-state index contributed by atoms with van der Waals surface area (Å²) in [5, 5.41) is 8.69. The van der Waals surface area contributed by atoms with Gasteiger partial charge in [-0.05, 0) is 51.0 Å². The Morgan fingerprint density at radius 3 is 1.88 bits per heavy atom. The number of hydrogen-bond donors (Lipinski definition) is 1. The van der Waals surface area contributed by atoms with Crippen LogP contribution in [0.3, 0.4) is 0 Å². The summed E-state index contributed by atoms with van der Waals surface area (Å²) in [4.78, 5) is 22.9. The predicted molar refractivity (Wildman–Crippen MR) is 139 cm³/mol. The standard InChI is InChI=1S/C29H50O4/c1-3-5-7-9-11-12-15-19-23-27(24-20-16-13-14-17-21-25-28(30)31)33-29(32)26-22-18-10-8-6-4-2/h5,7,11-12,19,23,27H,3-4,6,8-10,13-18,20-22,24-26H2,1-2H3,(H,30,31)/b7-5-,12-11-,23-19-. The van der Waals surface area contributed by atoms with Gasteiger partial charge in [-0.25, -0.2) is 0 Å². The van der Waals surface area contributed by atoms with Gasteiger partial charge in [0.1, 0.15) is 6.10 Å². The van der Waals surface area contributed by atoms with Crippen LogP contribution < -0.4 is 0 Å². The van der Waals surface area contributed by atoms with Gasteiger partial charge in [0.2, 0.25) is 0 Å². The topological polar surface area (TPSA) is 63.6 Å². The van der Waals surface area contributed by atoms with Gasteiger partial charge in [0.05, 0.1) is 0 Å². The summed E-state index contributed by atoms with van der Waals surface area (Å²) in [6.07, 6.45) is 30.3. The third kappa shape index (κ3) is 24.6. The number of allylic oxidation sites excluding steroid dienone is 5. The molecule has 0 saturated carbocycles. The molecule has 0 fully saturated rings. The maximum Gasteiger partial charge on any atom is 0.306 e. The van der Waals surface area contributed by atoms with E-state index in [2.05, 4.69) is 50.3 Å². The summed E-state index contributed by atoms with van der Waals surface area (Å²) < 4.78 is 5.78. The van der Waals surface area contributed by atoms with Gasteiger partial charge in [-0.3, -0.25) is 9.59 Å². The van der Waals surface area contributed by atoms with E-state index in [9.17, 15) is 9.59 Å². The molecular formula is C29H50O4. The molecule has 0 aromatic carbocycles. The van der Waals surface area contributed by atoms with Gasteiger partial charge in [-0.1, -0.05) is 102 Å². The molecular weight excluding hydrogens is 412 g/mol. The van der Waals surface area contributed by atoms with Crippen LogP contribution in [0.4, 0.5) is 0 Å². The Bertz CT molecular complexity index is 548. The first kappa shape index (κ1) is 31.2. The van der Waals surface area contributed by atoms with E-state index in [1.165, 1.54) is 25.7 Å². The van der Waals surface area contributed by atoms with Crippen LogP contribution in [0.15, 0.2) is 36.5 Å². The zero-order chi connectivity index (χ0) is 24.4. The van der Waals surface area contributed by atoms with E-state index in [-0.39, 0.29) is 18.5 Å². The van der Waals surface area contributed by atoms with Crippen molar-refractivity contribution >= 4 is 11.9 Å². The highest BCUT2D eigenvalue weighted by Gasteiger charge is 2.11. The molecule has 0 aromatic heterocycles. The SMILES string of the molecule is CC/C=C\C/C=C\C/C=C\C(CCCCCCCCC(=O)O)OC(=O)CCCCCCCC. The molecule has 33 heavy (non-hydrogen) atoms. The Hall–Kier alpha value is -1.84. The minimum atomic E-state index is -0.709. The van der Waals surface area contributed by atoms with E-state index >= 15 is 0 Å². The van der Waals surface area contributed by atoms with Gasteiger partial charge in [-0.15, -0.1) is 0 Å². The third-order valence-electron chi connectivity index (χ3n) is 5.61. The highest BCUT2D eigenvalue weighted by atomic mass is 16.5. The number of carbonyl (C=O) groups excluding carboxylic acids is 1. The van der Waals surface area contributed by atoms with E-state index < -0.39 is 5.97 Å². The van der Waals surface area contributed by atoms with Crippen LogP contribution in [0.25, 0.3) is 0 Å². The fourth-order valence-electron chi connectivity index (χ4n) is 3.64. The molecule has 0 spiro atoms. The molecule has 0 bridgehead atoms. The van der Waals surface area contributed by atoms with Gasteiger partial charge < -0.3 is 9.84 Å². The minimum Gasteiger partial charge on any atom is -0.481 e. The Morgan fingerprint density at radius 1 is 0.697 bits per heavy atom. The van der Waals surface area contributed by atoms with Crippen molar-refractivity contribution in [2.24, 2.45) is 0 Å². The summed E-state index contributed by atoms with van der Waals surface area (Å²) in [6, 6.07) is 0. The van der Waals surface area contributed by atoms with Crippen LogP contribution in [-0.4, -0.2) is 23.1 Å². The summed E-state index contributed by atoms with van der Waals surface area (Å²) in [6.45, 7) is 4.35. The molecule has 0 aliphatic heterocycles. The first-order chi connectivity index (χ1) is 16.1. The number of hydrogen-bond acceptors (Lipinski definition) is 3. The predicted octanol–water partition coefficient (Wildman–Crippen LogP) is 8.71. The molecule has 0 aliphatic carbocycles. The lowest BCUT2D eigenvalue weighted by Gasteiger charge is -2.14. The molecule has 190 valence electrons. The molecule has 0 heterocycles. The van der Waals surface area contributed by atoms with Crippen molar-refractivity contribution in [3.05, 3.63) is 36.5 Å². The Kier molecular flexibility index (Phi) is 23.4. The average molecular weight is 463 g/mol. The Morgan fingerprint density at radius 2 is 1.24 bits per heavy atom. The summed E-state index contributed by atoms with van der Waals surface area (Å²) in [5.41, 5.74) is 0. The lowest BCUT2D eigenvalue weighted by atomic mass is 10.1. The van der Waals surface area contributed by atoms with E-state index in [1.54, 1.807) is 0 Å². The number of carboxylic acids is 1. The van der Waals surface area contributed by atoms with Crippen LogP contribution >= 0.6 is 0 Å². The van der Waals surface area contributed by atoms with Gasteiger partial charge in [0.15, 0.2) is 0 Å². The number of esters is 1. The molecule has 0 saturated heterocycles. The Labute approximate surface area is 203 Å². The zero-order valence-corrected chi connectivity index (χ0v) is 21.4. The lowest BCUT2D eigenvalue weighted by molar-refractivity contribution is -0.147. The Balaban J connectivity index is 4.28. The number of ether oxygens (including phenoxy) is 1. The van der Waals surface area contributed by atoms with Crippen LogP contribution in [0.5, 0.6) is 0 Å². The molecule has 1 atom stereocenters. The molecule has 0 rings (SSSR count). The summed E-state index contributed by atoms with van der Waals surface area (Å²) in [7, 11) is 0. The maximum atomic E-state index is 12.3. The van der Waals surface area contributed by atoms with Crippen molar-refractivity contribution < 1.29 is 19.4 Å². The van der Waals surface area contributed by atoms with E-state index in [4.69, 9.17) is 9.84 Å². The van der Waals surface area contributed by atoms with Gasteiger partial charge >= 0.3 is 11.9 Å². The second-order valence-electron chi connectivity index (χ2n) is 8.85. The van der Waals surface area contributed by atoms with Crippen molar-refractivity contribution in [2.45, 2.75) is 136 Å². The minimum absolute atomic E-state index is 0.0749. The molecule has 1 unspecified atom stereocenters. The monoisotopic (exact) mass is 462 g/mol. The number of carboxylic acid groups (broad SMARTS) is 1. The fourth-order valence-corrected chi connectivity index (χ4v) is 3.64. The van der Waals surface area contributed by atoms with Gasteiger partial charge in [0, 0.05) is 12.8 Å². The molecule has 0 aliphatic rings. The van der Waals surface area contributed by atoms with Crippen molar-refractivity contribution in [2.75, 3.05) is 0 Å². The van der Waals surface area contributed by atoms with Gasteiger partial charge in [0.25, 0.3) is 0 Å². The molecule has 1 N–H and O–H groups in total. The zero-order valence-electron chi connectivity index (χ0n) is 21.4. The van der Waals surface area contributed by atoms with Crippen LogP contribution in [-0.2, 0) is 14.3 Å². The highest BCUT2D eigenvalue weighted by Crippen LogP contribution is 2.14. The lowest BCUT2D eigenvalue weighted by Crippen LogP contribution is -2.16. The first-order valence-corrected chi connectivity index (χ1v) is 13.5. The second-order valence-corrected chi connectivity index (χ2v) is 8.85. The van der Waals surface area contributed by atoms with E-state index in [0.29, 0.717) is 6.42 Å². The first-order valence-electron chi connectivity index (χ1n) is 13.5. The average Bonchev–Trinajstić information content (AvgIpc) is 2.79. The van der Waals surface area contributed by atoms with Crippen LogP contribution in [0, 0.1) is 0 Å². The summed E-state index contributed by atoms with van der Waals surface area (Å²) in [5.74, 6) is -0.784. The normalized spacial score (nSPS) is 12.8.